The molecule has 0 unspecified atom stereocenters. The van der Waals surface area contributed by atoms with Gasteiger partial charge in [-0.25, -0.2) is 0 Å². The van der Waals surface area contributed by atoms with Crippen molar-refractivity contribution in [2.75, 3.05) is 26.2 Å². The molecule has 0 bridgehead atoms. The molecule has 0 aliphatic carbocycles. The average Bonchev–Trinajstić information content (AvgIpc) is 2.56. The fourth-order valence-corrected chi connectivity index (χ4v) is 4.24. The van der Waals surface area contributed by atoms with Crippen LogP contribution in [0.3, 0.4) is 0 Å². The molecule has 0 N–H and O–H groups in total. The van der Waals surface area contributed by atoms with Crippen LogP contribution in [-0.4, -0.2) is 41.9 Å². The number of rotatable bonds is 3. The minimum atomic E-state index is 0.243. The first-order valence-electron chi connectivity index (χ1n) is 9.50. The van der Waals surface area contributed by atoms with Crippen LogP contribution in [0.25, 0.3) is 0 Å². The summed E-state index contributed by atoms with van der Waals surface area (Å²) in [5.74, 6) is 0.658. The Morgan fingerprint density at radius 2 is 1.88 bits per heavy atom. The number of likely N-dealkylation sites (tertiary alicyclic amines) is 2. The van der Waals surface area contributed by atoms with E-state index in [0.717, 1.165) is 52.0 Å². The van der Waals surface area contributed by atoms with Crippen LogP contribution in [0.2, 0.25) is 0 Å². The van der Waals surface area contributed by atoms with Crippen LogP contribution in [0.5, 0.6) is 0 Å². The molecule has 0 aromatic heterocycles. The lowest BCUT2D eigenvalue weighted by Crippen LogP contribution is -2.48. The van der Waals surface area contributed by atoms with Crippen molar-refractivity contribution in [1.29, 1.82) is 0 Å². The minimum Gasteiger partial charge on any atom is -0.342 e. The molecule has 0 saturated carbocycles. The van der Waals surface area contributed by atoms with Crippen molar-refractivity contribution in [2.45, 2.75) is 53.0 Å². The molecule has 2 aliphatic rings. The van der Waals surface area contributed by atoms with E-state index in [-0.39, 0.29) is 5.92 Å². The molecule has 3 rings (SSSR count). The number of nitrogens with zero attached hydrogens (tertiary/aromatic N) is 2. The lowest BCUT2D eigenvalue weighted by atomic mass is 9.83. The molecule has 3 heteroatoms. The maximum Gasteiger partial charge on any atom is 0.225 e. The summed E-state index contributed by atoms with van der Waals surface area (Å²) in [6, 6.07) is 8.63. The van der Waals surface area contributed by atoms with Crippen LogP contribution < -0.4 is 0 Å². The number of benzene rings is 1. The number of hydrogen-bond acceptors (Lipinski definition) is 2. The first-order valence-corrected chi connectivity index (χ1v) is 9.50. The third-order valence-electron chi connectivity index (χ3n) is 5.80. The zero-order valence-electron chi connectivity index (χ0n) is 15.6. The fourth-order valence-electron chi connectivity index (χ4n) is 4.24. The van der Waals surface area contributed by atoms with E-state index in [2.05, 4.69) is 54.8 Å². The van der Waals surface area contributed by atoms with Gasteiger partial charge in [0.15, 0.2) is 0 Å². The molecule has 2 aliphatic heterocycles. The van der Waals surface area contributed by atoms with E-state index in [1.807, 2.05) is 0 Å². The summed E-state index contributed by atoms with van der Waals surface area (Å²) in [5.41, 5.74) is 3.07. The van der Waals surface area contributed by atoms with Crippen molar-refractivity contribution in [3.63, 3.8) is 0 Å². The van der Waals surface area contributed by atoms with E-state index in [0.29, 0.717) is 11.3 Å². The molecule has 2 fully saturated rings. The summed E-state index contributed by atoms with van der Waals surface area (Å²) in [7, 11) is 0. The molecular formula is C21H32N2O. The van der Waals surface area contributed by atoms with E-state index < -0.39 is 0 Å². The molecule has 2 saturated heterocycles. The van der Waals surface area contributed by atoms with Gasteiger partial charge < -0.3 is 4.90 Å². The van der Waals surface area contributed by atoms with Gasteiger partial charge in [0, 0.05) is 25.6 Å². The number of amides is 1. The van der Waals surface area contributed by atoms with Crippen LogP contribution in [0.4, 0.5) is 0 Å². The van der Waals surface area contributed by atoms with Crippen molar-refractivity contribution >= 4 is 5.91 Å². The first-order chi connectivity index (χ1) is 11.4. The quantitative estimate of drug-likeness (QED) is 0.841. The lowest BCUT2D eigenvalue weighted by molar-refractivity contribution is -0.140. The Kier molecular flexibility index (Phi) is 5.29. The number of aryl methyl sites for hydroxylation is 1. The van der Waals surface area contributed by atoms with Gasteiger partial charge in [0.05, 0.1) is 0 Å². The summed E-state index contributed by atoms with van der Waals surface area (Å²) in [6.07, 6.45) is 4.43. The van der Waals surface area contributed by atoms with Crippen LogP contribution in [0.15, 0.2) is 24.3 Å². The highest BCUT2D eigenvalue weighted by Gasteiger charge is 2.33. The highest BCUT2D eigenvalue weighted by atomic mass is 16.2. The van der Waals surface area contributed by atoms with Gasteiger partial charge in [0.2, 0.25) is 5.91 Å². The second kappa shape index (κ2) is 7.26. The smallest absolute Gasteiger partial charge is 0.225 e. The number of carbonyl (C=O) groups excluding carboxylic acids is 1. The van der Waals surface area contributed by atoms with Gasteiger partial charge in [0.1, 0.15) is 0 Å². The molecular weight excluding hydrogens is 296 g/mol. The Hall–Kier alpha value is -1.35. The van der Waals surface area contributed by atoms with Crippen LogP contribution in [0.1, 0.15) is 50.7 Å². The van der Waals surface area contributed by atoms with Crippen LogP contribution in [-0.2, 0) is 11.3 Å². The summed E-state index contributed by atoms with van der Waals surface area (Å²) >= 11 is 0. The van der Waals surface area contributed by atoms with Gasteiger partial charge in [-0.3, -0.25) is 9.69 Å². The van der Waals surface area contributed by atoms with Crippen molar-refractivity contribution in [3.05, 3.63) is 35.4 Å². The standard InChI is InChI=1S/C21H32N2O/c1-17-7-4-5-8-19(17)15-22-13-9-18(10-14-22)20(24)23-12-6-11-21(2,3)16-23/h4-5,7-8,18H,6,9-16H2,1-3H3. The van der Waals surface area contributed by atoms with E-state index in [1.54, 1.807) is 0 Å². The molecule has 2 heterocycles. The molecule has 132 valence electrons. The van der Waals surface area contributed by atoms with Crippen molar-refractivity contribution in [2.24, 2.45) is 11.3 Å². The highest BCUT2D eigenvalue weighted by Crippen LogP contribution is 2.30. The van der Waals surface area contributed by atoms with E-state index in [9.17, 15) is 4.79 Å². The van der Waals surface area contributed by atoms with Gasteiger partial charge in [-0.2, -0.15) is 0 Å². The van der Waals surface area contributed by atoms with Gasteiger partial charge in [0.25, 0.3) is 0 Å². The molecule has 1 aromatic carbocycles. The lowest BCUT2D eigenvalue weighted by Gasteiger charge is -2.41. The van der Waals surface area contributed by atoms with Crippen molar-refractivity contribution in [3.8, 4) is 0 Å². The average molecular weight is 329 g/mol. The molecule has 1 aromatic rings. The van der Waals surface area contributed by atoms with Gasteiger partial charge in [-0.05, 0) is 62.2 Å². The third-order valence-corrected chi connectivity index (χ3v) is 5.80. The predicted molar refractivity (Wildman–Crippen MR) is 98.8 cm³/mol. The van der Waals surface area contributed by atoms with Crippen molar-refractivity contribution in [1.82, 2.24) is 9.80 Å². The summed E-state index contributed by atoms with van der Waals surface area (Å²) in [5, 5.41) is 0. The molecule has 0 atom stereocenters. The Balaban J connectivity index is 1.51. The van der Waals surface area contributed by atoms with Gasteiger partial charge in [-0.15, -0.1) is 0 Å². The molecule has 0 radical (unpaired) electrons. The summed E-state index contributed by atoms with van der Waals surface area (Å²) in [4.78, 5) is 17.5. The zero-order valence-corrected chi connectivity index (χ0v) is 15.6. The minimum absolute atomic E-state index is 0.243. The molecule has 24 heavy (non-hydrogen) atoms. The van der Waals surface area contributed by atoms with Gasteiger partial charge in [-0.1, -0.05) is 38.1 Å². The van der Waals surface area contributed by atoms with Crippen molar-refractivity contribution < 1.29 is 4.79 Å². The predicted octanol–water partition coefficient (Wildman–Crippen LogP) is 3.86. The SMILES string of the molecule is Cc1ccccc1CN1CCC(C(=O)N2CCCC(C)(C)C2)CC1. The Morgan fingerprint density at radius 3 is 2.54 bits per heavy atom. The summed E-state index contributed by atoms with van der Waals surface area (Å²) < 4.78 is 0. The molecule has 0 spiro atoms. The van der Waals surface area contributed by atoms with Crippen LogP contribution in [0, 0.1) is 18.3 Å². The van der Waals surface area contributed by atoms with Gasteiger partial charge >= 0.3 is 0 Å². The second-order valence-corrected chi connectivity index (χ2v) is 8.50. The normalized spacial score (nSPS) is 22.5. The Bertz CT molecular complexity index is 573. The molecule has 1 amide bonds. The Morgan fingerprint density at radius 1 is 1.17 bits per heavy atom. The highest BCUT2D eigenvalue weighted by molar-refractivity contribution is 5.79. The summed E-state index contributed by atoms with van der Waals surface area (Å²) in [6.45, 7) is 11.8. The second-order valence-electron chi connectivity index (χ2n) is 8.50. The van der Waals surface area contributed by atoms with E-state index in [4.69, 9.17) is 0 Å². The topological polar surface area (TPSA) is 23.6 Å². The number of hydrogen-bond donors (Lipinski definition) is 0. The number of carbonyl (C=O) groups is 1. The fraction of sp³-hybridized carbons (Fsp3) is 0.667. The molecule has 3 nitrogen and oxygen atoms in total. The van der Waals surface area contributed by atoms with E-state index in [1.165, 1.54) is 17.5 Å². The third kappa shape index (κ3) is 4.18. The Labute approximate surface area is 147 Å². The van der Waals surface area contributed by atoms with E-state index >= 15 is 0 Å². The van der Waals surface area contributed by atoms with Crippen LogP contribution >= 0.6 is 0 Å². The maximum absolute atomic E-state index is 12.9. The number of piperidine rings is 2. The first kappa shape index (κ1) is 17.5. The largest absolute Gasteiger partial charge is 0.342 e. The maximum atomic E-state index is 12.9. The monoisotopic (exact) mass is 328 g/mol. The zero-order chi connectivity index (χ0) is 17.2.